The Labute approximate surface area is 124 Å². The van der Waals surface area contributed by atoms with Gasteiger partial charge in [0.25, 0.3) is 0 Å². The van der Waals surface area contributed by atoms with Crippen LogP contribution in [0.4, 0.5) is 0 Å². The molecule has 0 spiro atoms. The molecule has 0 saturated carbocycles. The molecule has 0 N–H and O–H groups in total. The number of hydrogen-bond acceptors (Lipinski definition) is 2. The van der Waals surface area contributed by atoms with E-state index in [1.54, 1.807) is 0 Å². The second-order valence-electron chi connectivity index (χ2n) is 4.61. The fourth-order valence-corrected chi connectivity index (χ4v) is 2.06. The van der Waals surface area contributed by atoms with Gasteiger partial charge in [-0.15, -0.1) is 0 Å². The topological polar surface area (TPSA) is 18.5 Å². The van der Waals surface area contributed by atoms with Crippen molar-refractivity contribution in [2.45, 2.75) is 0 Å². The molecule has 0 unspecified atom stereocenters. The first-order chi connectivity index (χ1) is 10.4. The molecule has 0 saturated heterocycles. The van der Waals surface area contributed by atoms with Crippen molar-refractivity contribution in [2.24, 2.45) is 0 Å². The van der Waals surface area contributed by atoms with Gasteiger partial charge in [0.15, 0.2) is 0 Å². The maximum atomic E-state index is 5.58. The fraction of sp³-hybridized carbons (Fsp3) is 0.0526. The van der Waals surface area contributed by atoms with Crippen molar-refractivity contribution in [3.63, 3.8) is 0 Å². The van der Waals surface area contributed by atoms with Crippen molar-refractivity contribution >= 4 is 0 Å². The van der Waals surface area contributed by atoms with Gasteiger partial charge in [0, 0.05) is 0 Å². The van der Waals surface area contributed by atoms with Gasteiger partial charge >= 0.3 is 0 Å². The first-order valence-corrected chi connectivity index (χ1v) is 6.88. The van der Waals surface area contributed by atoms with Crippen molar-refractivity contribution in [3.8, 4) is 22.6 Å². The Morgan fingerprint density at radius 1 is 0.476 bits per heavy atom. The molecule has 3 aromatic carbocycles. The maximum Gasteiger partial charge on any atom is 0.230 e. The molecule has 2 heteroatoms. The van der Waals surface area contributed by atoms with Crippen LogP contribution in [-0.2, 0) is 0 Å². The average molecular weight is 276 g/mol. The number of ether oxygens (including phenoxy) is 2. The highest BCUT2D eigenvalue weighted by Gasteiger charge is 1.98. The Morgan fingerprint density at radius 2 is 0.952 bits per heavy atom. The predicted molar refractivity (Wildman–Crippen MR) is 84.4 cm³/mol. The van der Waals surface area contributed by atoms with E-state index in [0.717, 1.165) is 11.5 Å². The van der Waals surface area contributed by atoms with Crippen molar-refractivity contribution in [1.29, 1.82) is 0 Å². The Morgan fingerprint density at radius 3 is 1.57 bits per heavy atom. The molecule has 0 aliphatic carbocycles. The van der Waals surface area contributed by atoms with Crippen molar-refractivity contribution in [2.75, 3.05) is 6.79 Å². The quantitative estimate of drug-likeness (QED) is 0.625. The third-order valence-corrected chi connectivity index (χ3v) is 3.16. The van der Waals surface area contributed by atoms with Crippen LogP contribution in [0.25, 0.3) is 11.1 Å². The lowest BCUT2D eigenvalue weighted by Gasteiger charge is -2.09. The smallest absolute Gasteiger partial charge is 0.230 e. The number of para-hydroxylation sites is 1. The van der Waals surface area contributed by atoms with Crippen LogP contribution >= 0.6 is 0 Å². The second kappa shape index (κ2) is 6.62. The van der Waals surface area contributed by atoms with E-state index < -0.39 is 0 Å². The lowest BCUT2D eigenvalue weighted by atomic mass is 10.1. The van der Waals surface area contributed by atoms with Gasteiger partial charge in [-0.1, -0.05) is 60.7 Å². The van der Waals surface area contributed by atoms with E-state index >= 15 is 0 Å². The second-order valence-corrected chi connectivity index (χ2v) is 4.61. The summed E-state index contributed by atoms with van der Waals surface area (Å²) in [5.74, 6) is 1.60. The van der Waals surface area contributed by atoms with E-state index in [1.807, 2.05) is 72.8 Å². The van der Waals surface area contributed by atoms with E-state index in [9.17, 15) is 0 Å². The van der Waals surface area contributed by atoms with Crippen molar-refractivity contribution < 1.29 is 9.47 Å². The van der Waals surface area contributed by atoms with E-state index in [0.29, 0.717) is 0 Å². The Kier molecular flexibility index (Phi) is 4.18. The minimum absolute atomic E-state index is 0.203. The Balaban J connectivity index is 1.58. The summed E-state index contributed by atoms with van der Waals surface area (Å²) in [7, 11) is 0. The summed E-state index contributed by atoms with van der Waals surface area (Å²) in [6.45, 7) is 0.203. The van der Waals surface area contributed by atoms with Crippen LogP contribution < -0.4 is 9.47 Å². The highest BCUT2D eigenvalue weighted by atomic mass is 16.7. The molecule has 0 fully saturated rings. The largest absolute Gasteiger partial charge is 0.458 e. The summed E-state index contributed by atoms with van der Waals surface area (Å²) in [5, 5.41) is 0. The molecule has 3 rings (SSSR count). The van der Waals surface area contributed by atoms with Crippen LogP contribution in [0.3, 0.4) is 0 Å². The van der Waals surface area contributed by atoms with Crippen LogP contribution in [0.15, 0.2) is 84.9 Å². The van der Waals surface area contributed by atoms with Crippen LogP contribution in [0, 0.1) is 0 Å². The molecule has 0 bridgehead atoms. The lowest BCUT2D eigenvalue weighted by Crippen LogP contribution is -2.05. The molecule has 0 aromatic heterocycles. The molecule has 0 amide bonds. The average Bonchev–Trinajstić information content (AvgIpc) is 2.57. The molecular weight excluding hydrogens is 260 g/mol. The molecule has 0 aliphatic rings. The lowest BCUT2D eigenvalue weighted by molar-refractivity contribution is 0.120. The van der Waals surface area contributed by atoms with Gasteiger partial charge in [-0.2, -0.15) is 0 Å². The monoisotopic (exact) mass is 276 g/mol. The van der Waals surface area contributed by atoms with E-state index in [4.69, 9.17) is 9.47 Å². The van der Waals surface area contributed by atoms with Gasteiger partial charge in [0.2, 0.25) is 6.79 Å². The zero-order chi connectivity index (χ0) is 14.3. The summed E-state index contributed by atoms with van der Waals surface area (Å²) in [6.07, 6.45) is 0. The van der Waals surface area contributed by atoms with E-state index in [-0.39, 0.29) is 6.79 Å². The maximum absolute atomic E-state index is 5.58. The SMILES string of the molecule is c1ccc(OCOc2ccc(-c3ccccc3)cc2)cc1. The molecule has 2 nitrogen and oxygen atoms in total. The van der Waals surface area contributed by atoms with Gasteiger partial charge in [-0.05, 0) is 35.4 Å². The van der Waals surface area contributed by atoms with E-state index in [2.05, 4.69) is 12.1 Å². The molecule has 104 valence electrons. The first-order valence-electron chi connectivity index (χ1n) is 6.88. The van der Waals surface area contributed by atoms with Crippen LogP contribution in [0.5, 0.6) is 11.5 Å². The molecule has 0 heterocycles. The molecule has 21 heavy (non-hydrogen) atoms. The van der Waals surface area contributed by atoms with Gasteiger partial charge in [0.05, 0.1) is 0 Å². The molecule has 3 aromatic rings. The molecule has 0 aliphatic heterocycles. The highest BCUT2D eigenvalue weighted by Crippen LogP contribution is 2.22. The summed E-state index contributed by atoms with van der Waals surface area (Å²) in [4.78, 5) is 0. The third-order valence-electron chi connectivity index (χ3n) is 3.16. The van der Waals surface area contributed by atoms with Crippen molar-refractivity contribution in [1.82, 2.24) is 0 Å². The fourth-order valence-electron chi connectivity index (χ4n) is 2.06. The molecule has 0 radical (unpaired) electrons. The minimum Gasteiger partial charge on any atom is -0.458 e. The normalized spacial score (nSPS) is 10.1. The predicted octanol–water partition coefficient (Wildman–Crippen LogP) is 4.77. The highest BCUT2D eigenvalue weighted by molar-refractivity contribution is 5.63. The summed E-state index contributed by atoms with van der Waals surface area (Å²) < 4.78 is 11.1. The number of hydrogen-bond donors (Lipinski definition) is 0. The standard InChI is InChI=1S/C19H16O2/c1-3-7-16(8-4-1)17-11-13-19(14-12-17)21-15-20-18-9-5-2-6-10-18/h1-14H,15H2. The minimum atomic E-state index is 0.203. The van der Waals surface area contributed by atoms with E-state index in [1.165, 1.54) is 11.1 Å². The summed E-state index contributed by atoms with van der Waals surface area (Å²) in [5.41, 5.74) is 2.37. The van der Waals surface area contributed by atoms with Crippen LogP contribution in [0.2, 0.25) is 0 Å². The number of benzene rings is 3. The first kappa shape index (κ1) is 13.3. The summed E-state index contributed by atoms with van der Waals surface area (Å²) in [6, 6.07) is 27.9. The van der Waals surface area contributed by atoms with Gasteiger partial charge in [-0.25, -0.2) is 0 Å². The Bertz CT molecular complexity index is 661. The zero-order valence-electron chi connectivity index (χ0n) is 11.6. The summed E-state index contributed by atoms with van der Waals surface area (Å²) >= 11 is 0. The van der Waals surface area contributed by atoms with Gasteiger partial charge < -0.3 is 9.47 Å². The van der Waals surface area contributed by atoms with Crippen LogP contribution in [0.1, 0.15) is 0 Å². The molecular formula is C19H16O2. The Hall–Kier alpha value is -2.74. The van der Waals surface area contributed by atoms with Gasteiger partial charge in [0.1, 0.15) is 11.5 Å². The van der Waals surface area contributed by atoms with Crippen molar-refractivity contribution in [3.05, 3.63) is 84.9 Å². The third kappa shape index (κ3) is 3.63. The zero-order valence-corrected chi connectivity index (χ0v) is 11.6. The molecule has 0 atom stereocenters. The van der Waals surface area contributed by atoms with Gasteiger partial charge in [-0.3, -0.25) is 0 Å². The number of rotatable bonds is 5. The van der Waals surface area contributed by atoms with Crippen LogP contribution in [-0.4, -0.2) is 6.79 Å².